The minimum Gasteiger partial charge on any atom is -0.497 e. The molecule has 0 amide bonds. The Kier molecular flexibility index (Phi) is 3.95. The van der Waals surface area contributed by atoms with Gasteiger partial charge in [0.2, 0.25) is 0 Å². The van der Waals surface area contributed by atoms with Gasteiger partial charge in [0.05, 0.1) is 31.1 Å². The van der Waals surface area contributed by atoms with E-state index in [0.717, 1.165) is 24.9 Å². The molecular formula is C22H23N3O3. The number of carbonyl (C=O) groups is 1. The number of H-pyrrole nitrogens is 1. The van der Waals surface area contributed by atoms with Crippen LogP contribution in [0.3, 0.4) is 0 Å². The molecule has 1 saturated heterocycles. The Balaban J connectivity index is 1.62. The highest BCUT2D eigenvalue weighted by Crippen LogP contribution is 2.50. The van der Waals surface area contributed by atoms with Crippen molar-refractivity contribution in [2.75, 3.05) is 13.7 Å². The standard InChI is InChI=1S/C22H23N3O3/c1-12-20-15(16(11-28-12)22(26)27-2)9-18-21-14(7-8-25(18)19(20)10-23)13-5-3-4-6-17(13)24-21/h3-6,11-12,15,18-20,24H,7-9H2,1-2H3/t12-,15?,18+,19?,20?/m0/s1. The second-order valence-corrected chi connectivity index (χ2v) is 7.97. The van der Waals surface area contributed by atoms with Crippen LogP contribution in [0.1, 0.15) is 30.6 Å². The normalized spacial score (nSPS) is 31.6. The van der Waals surface area contributed by atoms with Gasteiger partial charge in [-0.1, -0.05) is 18.2 Å². The molecule has 1 N–H and O–H groups in total. The minimum absolute atomic E-state index is 0.0497. The summed E-state index contributed by atoms with van der Waals surface area (Å²) in [6.07, 6.45) is 3.13. The number of para-hydroxylation sites is 1. The van der Waals surface area contributed by atoms with E-state index >= 15 is 0 Å². The van der Waals surface area contributed by atoms with Crippen LogP contribution >= 0.6 is 0 Å². The van der Waals surface area contributed by atoms with E-state index < -0.39 is 0 Å². The molecule has 3 aliphatic heterocycles. The van der Waals surface area contributed by atoms with Crippen molar-refractivity contribution in [1.82, 2.24) is 9.88 Å². The van der Waals surface area contributed by atoms with Crippen molar-refractivity contribution in [1.29, 1.82) is 5.26 Å². The first-order valence-electron chi connectivity index (χ1n) is 9.82. The van der Waals surface area contributed by atoms with E-state index in [9.17, 15) is 10.1 Å². The SMILES string of the molecule is COC(=O)C1=CO[C@@H](C)C2C1C[C@@H]1c3[nH]c4ccccc4c3CCN1C2C#N. The van der Waals surface area contributed by atoms with Crippen LogP contribution in [-0.4, -0.2) is 41.7 Å². The molecular weight excluding hydrogens is 354 g/mol. The molecule has 1 aromatic heterocycles. The summed E-state index contributed by atoms with van der Waals surface area (Å²) in [7, 11) is 1.39. The maximum atomic E-state index is 12.4. The maximum absolute atomic E-state index is 12.4. The molecule has 1 fully saturated rings. The number of methoxy groups -OCH3 is 1. The van der Waals surface area contributed by atoms with Gasteiger partial charge in [0.15, 0.2) is 0 Å². The van der Waals surface area contributed by atoms with Gasteiger partial charge < -0.3 is 14.5 Å². The summed E-state index contributed by atoms with van der Waals surface area (Å²) in [5.74, 6) is -0.467. The number of hydrogen-bond acceptors (Lipinski definition) is 5. The van der Waals surface area contributed by atoms with Crippen molar-refractivity contribution in [3.05, 3.63) is 47.4 Å². The second kappa shape index (κ2) is 6.39. The monoisotopic (exact) mass is 377 g/mol. The van der Waals surface area contributed by atoms with Crippen LogP contribution in [0, 0.1) is 23.2 Å². The Morgan fingerprint density at radius 3 is 3.00 bits per heavy atom. The number of piperidine rings is 1. The van der Waals surface area contributed by atoms with E-state index in [1.807, 2.05) is 13.0 Å². The molecule has 5 rings (SSSR count). The van der Waals surface area contributed by atoms with Gasteiger partial charge in [0, 0.05) is 35.0 Å². The van der Waals surface area contributed by atoms with Crippen LogP contribution in [-0.2, 0) is 20.7 Å². The van der Waals surface area contributed by atoms with Gasteiger partial charge in [-0.2, -0.15) is 5.26 Å². The summed E-state index contributed by atoms with van der Waals surface area (Å²) in [5.41, 5.74) is 4.22. The van der Waals surface area contributed by atoms with E-state index in [4.69, 9.17) is 9.47 Å². The Bertz CT molecular complexity index is 1020. The molecule has 0 radical (unpaired) electrons. The Morgan fingerprint density at radius 1 is 1.39 bits per heavy atom. The number of carbonyl (C=O) groups excluding carboxylic acids is 1. The number of rotatable bonds is 1. The number of esters is 1. The molecule has 2 aromatic rings. The molecule has 1 aromatic carbocycles. The summed E-state index contributed by atoms with van der Waals surface area (Å²) in [6.45, 7) is 2.83. The highest BCUT2D eigenvalue weighted by Gasteiger charge is 2.52. The molecule has 0 spiro atoms. The van der Waals surface area contributed by atoms with Crippen LogP contribution in [0.5, 0.6) is 0 Å². The lowest BCUT2D eigenvalue weighted by Crippen LogP contribution is -2.57. The molecule has 6 heteroatoms. The molecule has 6 nitrogen and oxygen atoms in total. The minimum atomic E-state index is -0.361. The number of fused-ring (bicyclic) bond motifs is 6. The first-order chi connectivity index (χ1) is 13.6. The molecule has 144 valence electrons. The number of nitrogens with zero attached hydrogens (tertiary/aromatic N) is 2. The number of benzene rings is 1. The third-order valence-electron chi connectivity index (χ3n) is 6.77. The molecule has 0 aliphatic carbocycles. The summed E-state index contributed by atoms with van der Waals surface area (Å²) >= 11 is 0. The van der Waals surface area contributed by atoms with Crippen molar-refractivity contribution < 1.29 is 14.3 Å². The van der Waals surface area contributed by atoms with Crippen LogP contribution in [0.25, 0.3) is 10.9 Å². The first kappa shape index (κ1) is 17.3. The highest BCUT2D eigenvalue weighted by atomic mass is 16.5. The Morgan fingerprint density at radius 2 is 2.21 bits per heavy atom. The van der Waals surface area contributed by atoms with E-state index in [2.05, 4.69) is 34.2 Å². The maximum Gasteiger partial charge on any atom is 0.337 e. The lowest BCUT2D eigenvalue weighted by Gasteiger charge is -2.51. The fraction of sp³-hybridized carbons (Fsp3) is 0.455. The summed E-state index contributed by atoms with van der Waals surface area (Å²) < 4.78 is 10.8. The number of nitrogens with one attached hydrogen (secondary N) is 1. The fourth-order valence-corrected chi connectivity index (χ4v) is 5.52. The van der Waals surface area contributed by atoms with Crippen molar-refractivity contribution in [3.8, 4) is 6.07 Å². The third-order valence-corrected chi connectivity index (χ3v) is 6.77. The van der Waals surface area contributed by atoms with Crippen LogP contribution in [0.4, 0.5) is 0 Å². The predicted octanol–water partition coefficient (Wildman–Crippen LogP) is 3.07. The van der Waals surface area contributed by atoms with E-state index in [-0.39, 0.29) is 36.0 Å². The number of hydrogen-bond donors (Lipinski definition) is 1. The lowest BCUT2D eigenvalue weighted by atomic mass is 9.68. The van der Waals surface area contributed by atoms with E-state index in [0.29, 0.717) is 5.57 Å². The zero-order valence-electron chi connectivity index (χ0n) is 16.0. The number of ether oxygens (including phenoxy) is 2. The van der Waals surface area contributed by atoms with Crippen LogP contribution in [0.2, 0.25) is 0 Å². The largest absolute Gasteiger partial charge is 0.497 e. The summed E-state index contributed by atoms with van der Waals surface area (Å²) in [4.78, 5) is 18.3. The fourth-order valence-electron chi connectivity index (χ4n) is 5.52. The van der Waals surface area contributed by atoms with E-state index in [1.54, 1.807) is 6.26 Å². The van der Waals surface area contributed by atoms with Gasteiger partial charge in [0.25, 0.3) is 0 Å². The zero-order chi connectivity index (χ0) is 19.4. The quantitative estimate of drug-likeness (QED) is 0.773. The van der Waals surface area contributed by atoms with Gasteiger partial charge in [-0.15, -0.1) is 0 Å². The van der Waals surface area contributed by atoms with Crippen LogP contribution in [0.15, 0.2) is 36.1 Å². The number of nitriles is 1. The van der Waals surface area contributed by atoms with Crippen molar-refractivity contribution >= 4 is 16.9 Å². The molecule has 3 aliphatic rings. The highest BCUT2D eigenvalue weighted by molar-refractivity contribution is 5.89. The van der Waals surface area contributed by atoms with Crippen LogP contribution < -0.4 is 0 Å². The van der Waals surface area contributed by atoms with E-state index in [1.165, 1.54) is 23.8 Å². The molecule has 5 atom stereocenters. The van der Waals surface area contributed by atoms with Crippen molar-refractivity contribution in [2.24, 2.45) is 11.8 Å². The lowest BCUT2D eigenvalue weighted by molar-refractivity contribution is -0.139. The van der Waals surface area contributed by atoms with Crippen molar-refractivity contribution in [3.63, 3.8) is 0 Å². The number of aromatic nitrogens is 1. The average molecular weight is 377 g/mol. The molecule has 28 heavy (non-hydrogen) atoms. The zero-order valence-corrected chi connectivity index (χ0v) is 16.0. The van der Waals surface area contributed by atoms with Gasteiger partial charge in [-0.05, 0) is 31.4 Å². The van der Waals surface area contributed by atoms with Gasteiger partial charge in [-0.25, -0.2) is 4.79 Å². The molecule has 4 heterocycles. The third kappa shape index (κ3) is 2.33. The van der Waals surface area contributed by atoms with Crippen molar-refractivity contribution in [2.45, 2.75) is 38.0 Å². The molecule has 3 unspecified atom stereocenters. The second-order valence-electron chi connectivity index (χ2n) is 7.97. The molecule has 0 saturated carbocycles. The number of aromatic amines is 1. The van der Waals surface area contributed by atoms with Gasteiger partial charge in [-0.3, -0.25) is 4.90 Å². The average Bonchev–Trinajstić information content (AvgIpc) is 3.11. The topological polar surface area (TPSA) is 78.3 Å². The predicted molar refractivity (Wildman–Crippen MR) is 103 cm³/mol. The summed E-state index contributed by atoms with van der Waals surface area (Å²) in [5, 5.41) is 11.3. The summed E-state index contributed by atoms with van der Waals surface area (Å²) in [6, 6.07) is 10.7. The Labute approximate surface area is 163 Å². The molecule has 0 bridgehead atoms. The van der Waals surface area contributed by atoms with Gasteiger partial charge >= 0.3 is 5.97 Å². The first-order valence-corrected chi connectivity index (χ1v) is 9.82. The van der Waals surface area contributed by atoms with Gasteiger partial charge in [0.1, 0.15) is 12.1 Å². The Hall–Kier alpha value is -2.78. The smallest absolute Gasteiger partial charge is 0.337 e.